The highest BCUT2D eigenvalue weighted by Crippen LogP contribution is 2.39. The van der Waals surface area contributed by atoms with Gasteiger partial charge in [-0.25, -0.2) is 0 Å². The third-order valence-corrected chi connectivity index (χ3v) is 5.84. The summed E-state index contributed by atoms with van der Waals surface area (Å²) in [7, 11) is 0. The van der Waals surface area contributed by atoms with Crippen LogP contribution >= 0.6 is 11.6 Å². The number of nitrogens with zero attached hydrogens (tertiary/aromatic N) is 1. The Morgan fingerprint density at radius 2 is 1.64 bits per heavy atom. The van der Waals surface area contributed by atoms with E-state index >= 15 is 0 Å². The van der Waals surface area contributed by atoms with Crippen LogP contribution in [0.4, 0.5) is 0 Å². The zero-order chi connectivity index (χ0) is 19.1. The molecule has 1 aliphatic rings. The van der Waals surface area contributed by atoms with E-state index in [0.717, 1.165) is 23.2 Å². The highest BCUT2D eigenvalue weighted by molar-refractivity contribution is 6.33. The van der Waals surface area contributed by atoms with Crippen LogP contribution in [0.5, 0.6) is 0 Å². The van der Waals surface area contributed by atoms with Crippen LogP contribution < -0.4 is 0 Å². The van der Waals surface area contributed by atoms with E-state index in [1.807, 2.05) is 41.3 Å². The number of H-pyrrole nitrogens is 1. The van der Waals surface area contributed by atoms with Gasteiger partial charge in [-0.05, 0) is 35.7 Å². The number of aromatic amines is 1. The van der Waals surface area contributed by atoms with Gasteiger partial charge in [-0.15, -0.1) is 0 Å². The molecule has 1 unspecified atom stereocenters. The van der Waals surface area contributed by atoms with Crippen molar-refractivity contribution in [2.75, 3.05) is 6.54 Å². The normalized spacial score (nSPS) is 16.2. The molecule has 1 aliphatic heterocycles. The number of carbonyl (C=O) groups is 1. The van der Waals surface area contributed by atoms with Gasteiger partial charge in [-0.3, -0.25) is 4.79 Å². The lowest BCUT2D eigenvalue weighted by Crippen LogP contribution is -2.40. The second-order valence-corrected chi connectivity index (χ2v) is 7.51. The maximum absolute atomic E-state index is 13.5. The number of carbonyl (C=O) groups excluding carboxylic acids is 1. The maximum Gasteiger partial charge on any atom is 0.256 e. The number of hydrogen-bond acceptors (Lipinski definition) is 1. The lowest BCUT2D eigenvalue weighted by atomic mass is 9.91. The summed E-state index contributed by atoms with van der Waals surface area (Å²) in [6, 6.07) is 25.6. The molecule has 0 saturated carbocycles. The Morgan fingerprint density at radius 1 is 0.929 bits per heavy atom. The molecular weight excluding hydrogens is 368 g/mol. The Bertz CT molecular complexity index is 1170. The molecular formula is C24H19ClN2O. The number of hydrogen-bond donors (Lipinski definition) is 1. The summed E-state index contributed by atoms with van der Waals surface area (Å²) < 4.78 is 0. The monoisotopic (exact) mass is 386 g/mol. The van der Waals surface area contributed by atoms with Crippen LogP contribution in [0.2, 0.25) is 5.02 Å². The molecule has 0 spiro atoms. The predicted octanol–water partition coefficient (Wildman–Crippen LogP) is 5.61. The fourth-order valence-corrected chi connectivity index (χ4v) is 4.45. The molecule has 0 bridgehead atoms. The van der Waals surface area contributed by atoms with Crippen molar-refractivity contribution >= 4 is 28.4 Å². The summed E-state index contributed by atoms with van der Waals surface area (Å²) >= 11 is 6.34. The third-order valence-electron chi connectivity index (χ3n) is 5.51. The van der Waals surface area contributed by atoms with Gasteiger partial charge in [0.25, 0.3) is 5.91 Å². The van der Waals surface area contributed by atoms with E-state index < -0.39 is 0 Å². The standard InChI is InChI=1S/C24H19ClN2O/c25-20-12-6-4-11-19(20)24(28)27-15-14-18-17-10-5-7-13-21(17)26-22(18)23(27)16-8-2-1-3-9-16/h1-13,23,26H,14-15H2. The number of rotatable bonds is 2. The van der Waals surface area contributed by atoms with E-state index in [-0.39, 0.29) is 11.9 Å². The maximum atomic E-state index is 13.5. The van der Waals surface area contributed by atoms with Crippen molar-refractivity contribution in [1.29, 1.82) is 0 Å². The van der Waals surface area contributed by atoms with Crippen LogP contribution in [0, 0.1) is 0 Å². The second-order valence-electron chi connectivity index (χ2n) is 7.10. The van der Waals surface area contributed by atoms with Gasteiger partial charge in [-0.2, -0.15) is 0 Å². The summed E-state index contributed by atoms with van der Waals surface area (Å²) in [5.74, 6) is -0.0382. The molecule has 1 aromatic heterocycles. The van der Waals surface area contributed by atoms with Gasteiger partial charge in [0.15, 0.2) is 0 Å². The number of benzene rings is 3. The quantitative estimate of drug-likeness (QED) is 0.477. The molecule has 0 fully saturated rings. The van der Waals surface area contributed by atoms with Crippen LogP contribution in [0.25, 0.3) is 10.9 Å². The molecule has 2 heterocycles. The van der Waals surface area contributed by atoms with Crippen molar-refractivity contribution in [2.24, 2.45) is 0 Å². The molecule has 1 N–H and O–H groups in total. The van der Waals surface area contributed by atoms with Gasteiger partial charge in [0.1, 0.15) is 0 Å². The minimum atomic E-state index is -0.166. The fourth-order valence-electron chi connectivity index (χ4n) is 4.23. The van der Waals surface area contributed by atoms with Crippen molar-refractivity contribution < 1.29 is 4.79 Å². The number of para-hydroxylation sites is 1. The van der Waals surface area contributed by atoms with Crippen LogP contribution in [-0.4, -0.2) is 22.3 Å². The van der Waals surface area contributed by atoms with Crippen LogP contribution in [0.1, 0.15) is 33.2 Å². The molecule has 1 atom stereocenters. The molecule has 4 aromatic rings. The van der Waals surface area contributed by atoms with E-state index in [4.69, 9.17) is 11.6 Å². The van der Waals surface area contributed by atoms with Gasteiger partial charge < -0.3 is 9.88 Å². The lowest BCUT2D eigenvalue weighted by molar-refractivity contribution is 0.0692. The Balaban J connectivity index is 1.68. The SMILES string of the molecule is O=C(c1ccccc1Cl)N1CCc2c([nH]c3ccccc23)C1c1ccccc1. The smallest absolute Gasteiger partial charge is 0.256 e. The fraction of sp³-hybridized carbons (Fsp3) is 0.125. The van der Waals surface area contributed by atoms with Crippen LogP contribution in [-0.2, 0) is 6.42 Å². The Kier molecular flexibility index (Phi) is 4.18. The number of fused-ring (bicyclic) bond motifs is 3. The van der Waals surface area contributed by atoms with Gasteiger partial charge in [0.05, 0.1) is 16.6 Å². The first-order chi connectivity index (χ1) is 13.7. The van der Waals surface area contributed by atoms with E-state index in [1.165, 1.54) is 10.9 Å². The number of amides is 1. The Labute approximate surface area is 168 Å². The van der Waals surface area contributed by atoms with Crippen LogP contribution in [0.15, 0.2) is 78.9 Å². The molecule has 0 saturated heterocycles. The van der Waals surface area contributed by atoms with Gasteiger partial charge >= 0.3 is 0 Å². The first-order valence-corrected chi connectivity index (χ1v) is 9.82. The molecule has 4 heteroatoms. The lowest BCUT2D eigenvalue weighted by Gasteiger charge is -2.36. The molecule has 1 amide bonds. The molecule has 0 aliphatic carbocycles. The molecule has 0 radical (unpaired) electrons. The molecule has 5 rings (SSSR count). The predicted molar refractivity (Wildman–Crippen MR) is 113 cm³/mol. The highest BCUT2D eigenvalue weighted by Gasteiger charge is 2.35. The van der Waals surface area contributed by atoms with Crippen molar-refractivity contribution in [2.45, 2.75) is 12.5 Å². The minimum absolute atomic E-state index is 0.0382. The molecule has 138 valence electrons. The summed E-state index contributed by atoms with van der Waals surface area (Å²) in [4.78, 5) is 19.0. The first kappa shape index (κ1) is 17.1. The summed E-state index contributed by atoms with van der Waals surface area (Å²) in [5, 5.41) is 1.73. The molecule has 3 aromatic carbocycles. The average Bonchev–Trinajstić information content (AvgIpc) is 3.12. The van der Waals surface area contributed by atoms with E-state index in [9.17, 15) is 4.79 Å². The summed E-state index contributed by atoms with van der Waals surface area (Å²) in [6.45, 7) is 0.651. The Hall–Kier alpha value is -3.04. The first-order valence-electron chi connectivity index (χ1n) is 9.44. The Morgan fingerprint density at radius 3 is 2.46 bits per heavy atom. The topological polar surface area (TPSA) is 36.1 Å². The summed E-state index contributed by atoms with van der Waals surface area (Å²) in [6.07, 6.45) is 0.818. The molecule has 3 nitrogen and oxygen atoms in total. The average molecular weight is 387 g/mol. The summed E-state index contributed by atoms with van der Waals surface area (Å²) in [5.41, 5.74) is 5.15. The van der Waals surface area contributed by atoms with Crippen molar-refractivity contribution in [3.05, 3.63) is 106 Å². The van der Waals surface area contributed by atoms with Gasteiger partial charge in [0, 0.05) is 23.1 Å². The van der Waals surface area contributed by atoms with Gasteiger partial charge in [-0.1, -0.05) is 72.3 Å². The zero-order valence-corrected chi connectivity index (χ0v) is 16.0. The van der Waals surface area contributed by atoms with E-state index in [1.54, 1.807) is 12.1 Å². The number of aromatic nitrogens is 1. The van der Waals surface area contributed by atoms with Crippen molar-refractivity contribution in [1.82, 2.24) is 9.88 Å². The van der Waals surface area contributed by atoms with Crippen molar-refractivity contribution in [3.63, 3.8) is 0 Å². The van der Waals surface area contributed by atoms with E-state index in [0.29, 0.717) is 17.1 Å². The highest BCUT2D eigenvalue weighted by atomic mass is 35.5. The van der Waals surface area contributed by atoms with Crippen molar-refractivity contribution in [3.8, 4) is 0 Å². The largest absolute Gasteiger partial charge is 0.356 e. The van der Waals surface area contributed by atoms with Gasteiger partial charge in [0.2, 0.25) is 0 Å². The minimum Gasteiger partial charge on any atom is -0.356 e. The second kappa shape index (κ2) is 6.84. The third kappa shape index (κ3) is 2.71. The van der Waals surface area contributed by atoms with Crippen LogP contribution in [0.3, 0.4) is 0 Å². The van der Waals surface area contributed by atoms with E-state index in [2.05, 4.69) is 35.3 Å². The number of halogens is 1. The number of nitrogens with one attached hydrogen (secondary N) is 1. The zero-order valence-electron chi connectivity index (χ0n) is 15.2. The molecule has 28 heavy (non-hydrogen) atoms.